The number of alkyl halides is 6. The number of hydrogen-bond donors (Lipinski definition) is 0. The molecule has 0 aromatic heterocycles. The minimum absolute atomic E-state index is 0.200. The number of benzene rings is 1. The molecule has 0 unspecified atom stereocenters. The molecule has 0 bridgehead atoms. The Balaban J connectivity index is 2.23. The number of nitrogens with zero attached hydrogens (tertiary/aromatic N) is 1. The van der Waals surface area contributed by atoms with E-state index in [-0.39, 0.29) is 37.6 Å². The van der Waals surface area contributed by atoms with E-state index in [4.69, 9.17) is 4.74 Å². The van der Waals surface area contributed by atoms with Crippen molar-refractivity contribution < 1.29 is 45.3 Å². The van der Waals surface area contributed by atoms with Crippen molar-refractivity contribution in [2.75, 3.05) is 39.5 Å². The van der Waals surface area contributed by atoms with Crippen molar-refractivity contribution in [1.82, 2.24) is 4.90 Å². The minimum atomic E-state index is -4.63. The summed E-state index contributed by atoms with van der Waals surface area (Å²) in [6.45, 7) is -2.35. The maximum absolute atomic E-state index is 12.5. The van der Waals surface area contributed by atoms with E-state index in [0.717, 1.165) is 18.2 Å². The van der Waals surface area contributed by atoms with Crippen molar-refractivity contribution in [3.63, 3.8) is 0 Å². The van der Waals surface area contributed by atoms with Gasteiger partial charge in [-0.3, -0.25) is 4.79 Å². The third kappa shape index (κ3) is 6.28. The standard InChI is InChI=1S/C15H15F6NO4/c16-14(17,18)8-25-10-1-2-12(26-9-15(19,20)21)11(7-10)13(23)22-3-5-24-6-4-22/h1-2,7H,3-6,8-9H2. The molecule has 1 saturated heterocycles. The highest BCUT2D eigenvalue weighted by molar-refractivity contribution is 5.97. The Labute approximate surface area is 144 Å². The molecule has 11 heteroatoms. The molecule has 1 aromatic carbocycles. The number of amides is 1. The number of ether oxygens (including phenoxy) is 3. The van der Waals surface area contributed by atoms with Crippen LogP contribution in [0.5, 0.6) is 11.5 Å². The zero-order valence-corrected chi connectivity index (χ0v) is 13.3. The maximum Gasteiger partial charge on any atom is 0.422 e. The van der Waals surface area contributed by atoms with Crippen molar-refractivity contribution in [1.29, 1.82) is 0 Å². The molecule has 26 heavy (non-hydrogen) atoms. The lowest BCUT2D eigenvalue weighted by Crippen LogP contribution is -2.40. The van der Waals surface area contributed by atoms with Gasteiger partial charge in [-0.25, -0.2) is 0 Å². The Morgan fingerprint density at radius 1 is 1.00 bits per heavy atom. The van der Waals surface area contributed by atoms with E-state index in [1.165, 1.54) is 4.90 Å². The highest BCUT2D eigenvalue weighted by atomic mass is 19.4. The van der Waals surface area contributed by atoms with Crippen molar-refractivity contribution >= 4 is 5.91 Å². The Hall–Kier alpha value is -2.17. The molecule has 0 saturated carbocycles. The Morgan fingerprint density at radius 3 is 2.15 bits per heavy atom. The molecule has 1 aliphatic rings. The molecule has 0 spiro atoms. The van der Waals surface area contributed by atoms with Gasteiger partial charge in [0.25, 0.3) is 5.91 Å². The highest BCUT2D eigenvalue weighted by Gasteiger charge is 2.31. The van der Waals surface area contributed by atoms with Crippen LogP contribution in [-0.2, 0) is 4.74 Å². The summed E-state index contributed by atoms with van der Waals surface area (Å²) in [4.78, 5) is 13.8. The SMILES string of the molecule is O=C(c1cc(OCC(F)(F)F)ccc1OCC(F)(F)F)N1CCOCC1. The number of halogens is 6. The van der Waals surface area contributed by atoms with Crippen LogP contribution in [0.4, 0.5) is 26.3 Å². The molecule has 1 aromatic rings. The van der Waals surface area contributed by atoms with Gasteiger partial charge in [0.05, 0.1) is 18.8 Å². The molecule has 5 nitrogen and oxygen atoms in total. The highest BCUT2D eigenvalue weighted by Crippen LogP contribution is 2.29. The Kier molecular flexibility index (Phi) is 6.21. The second-order valence-electron chi connectivity index (χ2n) is 5.37. The summed E-state index contributed by atoms with van der Waals surface area (Å²) in [6.07, 6.45) is -9.23. The van der Waals surface area contributed by atoms with Crippen LogP contribution in [0.15, 0.2) is 18.2 Å². The van der Waals surface area contributed by atoms with Crippen LogP contribution < -0.4 is 9.47 Å². The summed E-state index contributed by atoms with van der Waals surface area (Å²) in [7, 11) is 0. The summed E-state index contributed by atoms with van der Waals surface area (Å²) in [5, 5.41) is 0. The summed E-state index contributed by atoms with van der Waals surface area (Å²) < 4.78 is 88.2. The third-order valence-electron chi connectivity index (χ3n) is 3.27. The van der Waals surface area contributed by atoms with Crippen molar-refractivity contribution in [3.05, 3.63) is 23.8 Å². The van der Waals surface area contributed by atoms with Gasteiger partial charge in [0.2, 0.25) is 0 Å². The second kappa shape index (κ2) is 8.02. The summed E-state index contributed by atoms with van der Waals surface area (Å²) in [6, 6.07) is 2.92. The fourth-order valence-electron chi connectivity index (χ4n) is 2.15. The lowest BCUT2D eigenvalue weighted by atomic mass is 10.1. The molecule has 0 radical (unpaired) electrons. The molecule has 0 N–H and O–H groups in total. The van der Waals surface area contributed by atoms with Gasteiger partial charge < -0.3 is 19.1 Å². The fraction of sp³-hybridized carbons (Fsp3) is 0.533. The molecule has 1 amide bonds. The van der Waals surface area contributed by atoms with Gasteiger partial charge in [0, 0.05) is 13.1 Å². The molecule has 0 aliphatic carbocycles. The first-order valence-electron chi connectivity index (χ1n) is 7.45. The smallest absolute Gasteiger partial charge is 0.422 e. The number of rotatable bonds is 5. The van der Waals surface area contributed by atoms with E-state index in [1.54, 1.807) is 0 Å². The van der Waals surface area contributed by atoms with Crippen LogP contribution in [-0.4, -0.2) is 62.7 Å². The van der Waals surface area contributed by atoms with Crippen molar-refractivity contribution in [3.8, 4) is 11.5 Å². The van der Waals surface area contributed by atoms with E-state index in [0.29, 0.717) is 0 Å². The van der Waals surface area contributed by atoms with Crippen LogP contribution in [0.2, 0.25) is 0 Å². The number of carbonyl (C=O) groups excluding carboxylic acids is 1. The van der Waals surface area contributed by atoms with Gasteiger partial charge in [-0.2, -0.15) is 26.3 Å². The zero-order valence-electron chi connectivity index (χ0n) is 13.3. The van der Waals surface area contributed by atoms with Gasteiger partial charge in [0.1, 0.15) is 11.5 Å². The molecular weight excluding hydrogens is 372 g/mol. The topological polar surface area (TPSA) is 48.0 Å². The summed E-state index contributed by atoms with van der Waals surface area (Å²) in [5.74, 6) is -1.38. The lowest BCUT2D eigenvalue weighted by molar-refractivity contribution is -0.154. The minimum Gasteiger partial charge on any atom is -0.484 e. The van der Waals surface area contributed by atoms with Crippen LogP contribution in [0, 0.1) is 0 Å². The molecule has 146 valence electrons. The van der Waals surface area contributed by atoms with Crippen LogP contribution in [0.1, 0.15) is 10.4 Å². The quantitative estimate of drug-likeness (QED) is 0.729. The largest absolute Gasteiger partial charge is 0.484 e. The van der Waals surface area contributed by atoms with E-state index in [1.807, 2.05) is 0 Å². The van der Waals surface area contributed by atoms with Crippen LogP contribution in [0.3, 0.4) is 0 Å². The third-order valence-corrected chi connectivity index (χ3v) is 3.27. The van der Waals surface area contributed by atoms with Crippen LogP contribution in [0.25, 0.3) is 0 Å². The monoisotopic (exact) mass is 387 g/mol. The second-order valence-corrected chi connectivity index (χ2v) is 5.37. The van der Waals surface area contributed by atoms with E-state index in [9.17, 15) is 31.1 Å². The molecule has 1 heterocycles. The Bertz CT molecular complexity index is 626. The van der Waals surface area contributed by atoms with Gasteiger partial charge in [0.15, 0.2) is 13.2 Å². The predicted molar refractivity (Wildman–Crippen MR) is 76.3 cm³/mol. The van der Waals surface area contributed by atoms with Crippen LogP contribution >= 0.6 is 0 Å². The van der Waals surface area contributed by atoms with Gasteiger partial charge in [-0.1, -0.05) is 0 Å². The van der Waals surface area contributed by atoms with E-state index >= 15 is 0 Å². The first-order chi connectivity index (χ1) is 12.1. The number of morpholine rings is 1. The first-order valence-corrected chi connectivity index (χ1v) is 7.45. The van der Waals surface area contributed by atoms with Gasteiger partial charge in [-0.05, 0) is 18.2 Å². The zero-order chi connectivity index (χ0) is 19.4. The average molecular weight is 387 g/mol. The summed E-state index contributed by atoms with van der Waals surface area (Å²) >= 11 is 0. The number of carbonyl (C=O) groups is 1. The molecule has 2 rings (SSSR count). The van der Waals surface area contributed by atoms with E-state index in [2.05, 4.69) is 9.47 Å². The average Bonchev–Trinajstić information content (AvgIpc) is 2.57. The fourth-order valence-corrected chi connectivity index (χ4v) is 2.15. The van der Waals surface area contributed by atoms with Gasteiger partial charge in [-0.15, -0.1) is 0 Å². The van der Waals surface area contributed by atoms with Crippen molar-refractivity contribution in [2.45, 2.75) is 12.4 Å². The summed E-state index contributed by atoms with van der Waals surface area (Å²) in [5.41, 5.74) is -0.309. The Morgan fingerprint density at radius 2 is 1.58 bits per heavy atom. The van der Waals surface area contributed by atoms with E-state index < -0.39 is 37.2 Å². The van der Waals surface area contributed by atoms with Crippen molar-refractivity contribution in [2.24, 2.45) is 0 Å². The number of hydrogen-bond acceptors (Lipinski definition) is 4. The predicted octanol–water partition coefficient (Wildman–Crippen LogP) is 3.04. The first kappa shape index (κ1) is 20.1. The maximum atomic E-state index is 12.5. The molecular formula is C15H15F6NO4. The molecule has 1 aliphatic heterocycles. The molecule has 0 atom stereocenters. The van der Waals surface area contributed by atoms with Gasteiger partial charge >= 0.3 is 12.4 Å². The normalized spacial score (nSPS) is 15.7. The lowest BCUT2D eigenvalue weighted by Gasteiger charge is -2.27. The molecule has 1 fully saturated rings.